The van der Waals surface area contributed by atoms with Crippen LogP contribution in [0.4, 0.5) is 0 Å². The predicted octanol–water partition coefficient (Wildman–Crippen LogP) is 3.20. The minimum Gasteiger partial charge on any atom is -0.304 e. The van der Waals surface area contributed by atoms with E-state index in [1.807, 2.05) is 16.0 Å². The summed E-state index contributed by atoms with van der Waals surface area (Å²) in [6.07, 6.45) is 1.98. The molecule has 2 aromatic rings. The third-order valence-electron chi connectivity index (χ3n) is 5.21. The van der Waals surface area contributed by atoms with E-state index in [2.05, 4.69) is 37.6 Å². The van der Waals surface area contributed by atoms with Gasteiger partial charge in [-0.25, -0.2) is 4.98 Å². The van der Waals surface area contributed by atoms with Crippen molar-refractivity contribution in [3.05, 3.63) is 27.6 Å². The second kappa shape index (κ2) is 7.98. The molecule has 0 spiro atoms. The van der Waals surface area contributed by atoms with Crippen LogP contribution in [0.3, 0.4) is 0 Å². The summed E-state index contributed by atoms with van der Waals surface area (Å²) in [5.74, 6) is 1.54. The molecule has 3 rings (SSSR count). The Morgan fingerprint density at radius 2 is 1.96 bits per heavy atom. The van der Waals surface area contributed by atoms with Crippen LogP contribution < -0.4 is 5.56 Å². The molecular formula is C19H30N4OS. The lowest BCUT2D eigenvalue weighted by Gasteiger charge is -2.38. The van der Waals surface area contributed by atoms with Crippen LogP contribution in [0.15, 0.2) is 16.2 Å². The lowest BCUT2D eigenvalue weighted by atomic mass is 10.1. The second-order valence-electron chi connectivity index (χ2n) is 7.51. The number of fused-ring (bicyclic) bond motifs is 1. The Labute approximate surface area is 154 Å². The first-order chi connectivity index (χ1) is 12.0. The normalized spacial score (nSPS) is 18.3. The Balaban J connectivity index is 2.02. The van der Waals surface area contributed by atoms with Gasteiger partial charge in [0.2, 0.25) is 0 Å². The summed E-state index contributed by atoms with van der Waals surface area (Å²) in [5.41, 5.74) is 0.134. The number of hydrogen-bond acceptors (Lipinski definition) is 5. The molecule has 0 radical (unpaired) electrons. The molecule has 1 unspecified atom stereocenters. The largest absolute Gasteiger partial charge is 0.304 e. The summed E-state index contributed by atoms with van der Waals surface area (Å²) in [6.45, 7) is 11.6. The van der Waals surface area contributed by atoms with Gasteiger partial charge in [0, 0.05) is 32.7 Å². The van der Waals surface area contributed by atoms with Crippen LogP contribution in [0.25, 0.3) is 10.2 Å². The Morgan fingerprint density at radius 1 is 1.24 bits per heavy atom. The predicted molar refractivity (Wildman–Crippen MR) is 105 cm³/mol. The van der Waals surface area contributed by atoms with Crippen LogP contribution in [0.1, 0.15) is 45.5 Å². The smallest absolute Gasteiger partial charge is 0.262 e. The molecule has 1 fully saturated rings. The third kappa shape index (κ3) is 3.96. The van der Waals surface area contributed by atoms with Crippen molar-refractivity contribution >= 4 is 21.6 Å². The van der Waals surface area contributed by atoms with Crippen LogP contribution in [0.2, 0.25) is 0 Å². The number of rotatable bonds is 6. The number of hydrogen-bond donors (Lipinski definition) is 0. The number of likely N-dealkylation sites (N-methyl/N-ethyl adjacent to an activating group) is 1. The Kier molecular flexibility index (Phi) is 5.92. The van der Waals surface area contributed by atoms with Crippen molar-refractivity contribution in [3.8, 4) is 0 Å². The average Bonchev–Trinajstić information content (AvgIpc) is 3.05. The van der Waals surface area contributed by atoms with E-state index >= 15 is 0 Å². The average molecular weight is 363 g/mol. The van der Waals surface area contributed by atoms with E-state index in [1.165, 1.54) is 0 Å². The molecule has 5 nitrogen and oxygen atoms in total. The summed E-state index contributed by atoms with van der Waals surface area (Å²) in [5, 5.41) is 2.75. The van der Waals surface area contributed by atoms with Crippen molar-refractivity contribution in [2.45, 2.75) is 46.2 Å². The highest BCUT2D eigenvalue weighted by Crippen LogP contribution is 2.26. The quantitative estimate of drug-likeness (QED) is 0.791. The van der Waals surface area contributed by atoms with Crippen molar-refractivity contribution in [2.24, 2.45) is 5.92 Å². The standard InChI is InChI=1S/C19H30N4OS/c1-5-16(22-11-9-21(4)10-12-22)17-20-18-15(7-13-25-18)19(24)23(17)8-6-14(2)3/h7,13-14,16H,5-6,8-12H2,1-4H3. The fraction of sp³-hybridized carbons (Fsp3) is 0.684. The van der Waals surface area contributed by atoms with Crippen molar-refractivity contribution in [3.63, 3.8) is 0 Å². The van der Waals surface area contributed by atoms with Gasteiger partial charge < -0.3 is 4.90 Å². The van der Waals surface area contributed by atoms with Gasteiger partial charge in [0.1, 0.15) is 10.7 Å². The zero-order chi connectivity index (χ0) is 18.0. The molecule has 0 bridgehead atoms. The zero-order valence-electron chi connectivity index (χ0n) is 15.9. The topological polar surface area (TPSA) is 41.4 Å². The molecular weight excluding hydrogens is 332 g/mol. The van der Waals surface area contributed by atoms with Gasteiger partial charge in [-0.3, -0.25) is 14.3 Å². The Hall–Kier alpha value is -1.24. The SMILES string of the molecule is CCC(c1nc2sccc2c(=O)n1CCC(C)C)N1CCN(C)CC1. The lowest BCUT2D eigenvalue weighted by Crippen LogP contribution is -2.47. The van der Waals surface area contributed by atoms with E-state index in [4.69, 9.17) is 4.98 Å². The fourth-order valence-electron chi connectivity index (χ4n) is 3.56. The van der Waals surface area contributed by atoms with Crippen LogP contribution in [0.5, 0.6) is 0 Å². The fourth-order valence-corrected chi connectivity index (χ4v) is 4.32. The molecule has 0 aliphatic carbocycles. The van der Waals surface area contributed by atoms with E-state index in [0.717, 1.165) is 61.6 Å². The van der Waals surface area contributed by atoms with Crippen molar-refractivity contribution in [1.82, 2.24) is 19.4 Å². The minimum absolute atomic E-state index is 0.134. The molecule has 1 saturated heterocycles. The monoisotopic (exact) mass is 362 g/mol. The molecule has 2 aromatic heterocycles. The maximum Gasteiger partial charge on any atom is 0.262 e. The number of nitrogens with zero attached hydrogens (tertiary/aromatic N) is 4. The van der Waals surface area contributed by atoms with Crippen molar-refractivity contribution in [1.29, 1.82) is 0 Å². The van der Waals surface area contributed by atoms with Gasteiger partial charge in [0.05, 0.1) is 11.4 Å². The van der Waals surface area contributed by atoms with Gasteiger partial charge in [0.15, 0.2) is 0 Å². The Bertz CT molecular complexity index is 758. The number of thiophene rings is 1. The van der Waals surface area contributed by atoms with Crippen LogP contribution >= 0.6 is 11.3 Å². The molecule has 3 heterocycles. The van der Waals surface area contributed by atoms with Gasteiger partial charge >= 0.3 is 0 Å². The van der Waals surface area contributed by atoms with Gasteiger partial charge in [0.25, 0.3) is 5.56 Å². The van der Waals surface area contributed by atoms with Crippen LogP contribution in [-0.2, 0) is 6.54 Å². The molecule has 0 aromatic carbocycles. The van der Waals surface area contributed by atoms with Gasteiger partial charge in [-0.15, -0.1) is 11.3 Å². The molecule has 1 aliphatic rings. The van der Waals surface area contributed by atoms with Crippen molar-refractivity contribution < 1.29 is 0 Å². The summed E-state index contributed by atoms with van der Waals surface area (Å²) in [4.78, 5) is 23.8. The molecule has 1 atom stereocenters. The van der Waals surface area contributed by atoms with Gasteiger partial charge in [-0.05, 0) is 37.3 Å². The number of piperazine rings is 1. The highest BCUT2D eigenvalue weighted by Gasteiger charge is 2.27. The number of aromatic nitrogens is 2. The highest BCUT2D eigenvalue weighted by atomic mass is 32.1. The third-order valence-corrected chi connectivity index (χ3v) is 6.01. The van der Waals surface area contributed by atoms with E-state index in [-0.39, 0.29) is 11.6 Å². The molecule has 0 N–H and O–H groups in total. The van der Waals surface area contributed by atoms with Crippen LogP contribution in [-0.4, -0.2) is 52.6 Å². The summed E-state index contributed by atoms with van der Waals surface area (Å²) in [6, 6.07) is 2.14. The summed E-state index contributed by atoms with van der Waals surface area (Å²) >= 11 is 1.57. The summed E-state index contributed by atoms with van der Waals surface area (Å²) in [7, 11) is 2.17. The second-order valence-corrected chi connectivity index (χ2v) is 8.41. The first-order valence-electron chi connectivity index (χ1n) is 9.41. The molecule has 138 valence electrons. The van der Waals surface area contributed by atoms with Gasteiger partial charge in [-0.2, -0.15) is 0 Å². The van der Waals surface area contributed by atoms with E-state index in [0.29, 0.717) is 5.92 Å². The maximum atomic E-state index is 13.1. The first-order valence-corrected chi connectivity index (χ1v) is 10.3. The molecule has 0 amide bonds. The van der Waals surface area contributed by atoms with Crippen LogP contribution in [0, 0.1) is 5.92 Å². The van der Waals surface area contributed by atoms with Gasteiger partial charge in [-0.1, -0.05) is 20.8 Å². The maximum absolute atomic E-state index is 13.1. The molecule has 0 saturated carbocycles. The van der Waals surface area contributed by atoms with E-state index < -0.39 is 0 Å². The van der Waals surface area contributed by atoms with Crippen molar-refractivity contribution in [2.75, 3.05) is 33.2 Å². The van der Waals surface area contributed by atoms with E-state index in [1.54, 1.807) is 11.3 Å². The molecule has 6 heteroatoms. The first kappa shape index (κ1) is 18.5. The minimum atomic E-state index is 0.134. The van der Waals surface area contributed by atoms with E-state index in [9.17, 15) is 4.79 Å². The Morgan fingerprint density at radius 3 is 2.60 bits per heavy atom. The summed E-state index contributed by atoms with van der Waals surface area (Å²) < 4.78 is 1.96. The highest BCUT2D eigenvalue weighted by molar-refractivity contribution is 7.16. The zero-order valence-corrected chi connectivity index (χ0v) is 16.7. The lowest BCUT2D eigenvalue weighted by molar-refractivity contribution is 0.102. The molecule has 25 heavy (non-hydrogen) atoms. The molecule has 1 aliphatic heterocycles.